The van der Waals surface area contributed by atoms with Crippen molar-refractivity contribution in [2.24, 2.45) is 4.99 Å². The first-order valence-corrected chi connectivity index (χ1v) is 9.42. The lowest BCUT2D eigenvalue weighted by molar-refractivity contribution is -0.127. The van der Waals surface area contributed by atoms with E-state index in [4.69, 9.17) is 11.6 Å². The molecule has 5 nitrogen and oxygen atoms in total. The number of rotatable bonds is 8. The molecule has 1 aromatic carbocycles. The number of guanidine groups is 1. The molecule has 1 aromatic rings. The fraction of sp³-hybridized carbons (Fsp3) is 0.529. The molecular formula is C17H27ClN4OS. The normalized spacial score (nSPS) is 12.6. The van der Waals surface area contributed by atoms with E-state index in [1.54, 1.807) is 30.8 Å². The molecule has 0 aliphatic heterocycles. The van der Waals surface area contributed by atoms with E-state index in [9.17, 15) is 4.79 Å². The van der Waals surface area contributed by atoms with Crippen molar-refractivity contribution < 1.29 is 4.79 Å². The fourth-order valence-electron chi connectivity index (χ4n) is 1.65. The maximum Gasteiger partial charge on any atom is 0.243 e. The third-order valence-electron chi connectivity index (χ3n) is 3.34. The summed E-state index contributed by atoms with van der Waals surface area (Å²) in [6.07, 6.45) is 0.988. The third-order valence-corrected chi connectivity index (χ3v) is 4.61. The second-order valence-corrected chi connectivity index (χ2v) is 7.24. The molecule has 0 aromatic heterocycles. The summed E-state index contributed by atoms with van der Waals surface area (Å²) in [5, 5.41) is 7.34. The van der Waals surface area contributed by atoms with Crippen LogP contribution in [0.3, 0.4) is 0 Å². The predicted octanol–water partition coefficient (Wildman–Crippen LogP) is 2.85. The van der Waals surface area contributed by atoms with Gasteiger partial charge in [-0.05, 0) is 37.6 Å². The summed E-state index contributed by atoms with van der Waals surface area (Å²) in [6, 6.07) is 8.10. The number of thioether (sulfide) groups is 1. The number of nitrogens with one attached hydrogen (secondary N) is 2. The molecule has 134 valence electrons. The van der Waals surface area contributed by atoms with E-state index in [1.165, 1.54) is 4.90 Å². The van der Waals surface area contributed by atoms with Gasteiger partial charge in [0, 0.05) is 42.4 Å². The first kappa shape index (κ1) is 20.6. The molecule has 7 heteroatoms. The van der Waals surface area contributed by atoms with Gasteiger partial charge in [-0.25, -0.2) is 4.99 Å². The van der Waals surface area contributed by atoms with Crippen LogP contribution < -0.4 is 10.6 Å². The van der Waals surface area contributed by atoms with Crippen LogP contribution in [0.2, 0.25) is 5.02 Å². The largest absolute Gasteiger partial charge is 0.356 e. The third kappa shape index (κ3) is 8.45. The van der Waals surface area contributed by atoms with Crippen molar-refractivity contribution in [2.45, 2.75) is 31.2 Å². The molecule has 0 heterocycles. The zero-order chi connectivity index (χ0) is 17.9. The second kappa shape index (κ2) is 11.2. The van der Waals surface area contributed by atoms with Crippen LogP contribution in [0.25, 0.3) is 0 Å². The Morgan fingerprint density at radius 3 is 2.58 bits per heavy atom. The highest BCUT2D eigenvalue weighted by atomic mass is 35.5. The molecule has 0 spiro atoms. The molecule has 0 fully saturated rings. The number of aliphatic imine (C=N–C) groups is 1. The Kier molecular flexibility index (Phi) is 9.64. The summed E-state index contributed by atoms with van der Waals surface area (Å²) in [4.78, 5) is 18.8. The molecule has 2 N–H and O–H groups in total. The van der Waals surface area contributed by atoms with E-state index in [1.807, 2.05) is 24.3 Å². The number of carbonyl (C=O) groups is 1. The van der Waals surface area contributed by atoms with E-state index < -0.39 is 0 Å². The highest BCUT2D eigenvalue weighted by Gasteiger charge is 2.06. The molecule has 1 unspecified atom stereocenters. The first-order valence-electron chi connectivity index (χ1n) is 8.05. The number of carbonyl (C=O) groups excluding carboxylic acids is 1. The Bertz CT molecular complexity index is 534. The van der Waals surface area contributed by atoms with E-state index in [2.05, 4.69) is 29.5 Å². The van der Waals surface area contributed by atoms with Crippen molar-refractivity contribution in [3.05, 3.63) is 29.3 Å². The Labute approximate surface area is 154 Å². The van der Waals surface area contributed by atoms with Gasteiger partial charge in [-0.3, -0.25) is 4.79 Å². The monoisotopic (exact) mass is 370 g/mol. The van der Waals surface area contributed by atoms with Crippen LogP contribution in [0.4, 0.5) is 0 Å². The molecule has 0 aliphatic rings. The Morgan fingerprint density at radius 2 is 2.00 bits per heavy atom. The van der Waals surface area contributed by atoms with E-state index in [-0.39, 0.29) is 12.5 Å². The van der Waals surface area contributed by atoms with E-state index >= 15 is 0 Å². The summed E-state index contributed by atoms with van der Waals surface area (Å²) in [5.41, 5.74) is 0. The van der Waals surface area contributed by atoms with Gasteiger partial charge in [0.05, 0.1) is 0 Å². The van der Waals surface area contributed by atoms with E-state index in [0.29, 0.717) is 12.0 Å². The molecule has 1 rings (SSSR count). The average molecular weight is 371 g/mol. The summed E-state index contributed by atoms with van der Waals surface area (Å²) in [7, 11) is 3.46. The second-order valence-electron chi connectivity index (χ2n) is 5.64. The lowest BCUT2D eigenvalue weighted by atomic mass is 10.3. The Hall–Kier alpha value is -1.40. The lowest BCUT2D eigenvalue weighted by Crippen LogP contribution is -2.43. The predicted molar refractivity (Wildman–Crippen MR) is 104 cm³/mol. The standard InChI is InChI=1S/C17H27ClN4OS/c1-5-13(2)21-17(20-12-16(23)22(3)4)19-10-11-24-15-8-6-14(18)7-9-15/h6-9,13H,5,10-12H2,1-4H3,(H2,19,20,21). The molecule has 1 atom stereocenters. The van der Waals surface area contributed by atoms with Crippen LogP contribution in [-0.2, 0) is 4.79 Å². The summed E-state index contributed by atoms with van der Waals surface area (Å²) < 4.78 is 0. The van der Waals surface area contributed by atoms with Gasteiger partial charge in [-0.15, -0.1) is 11.8 Å². The SMILES string of the molecule is CCC(C)NC(=NCC(=O)N(C)C)NCCSc1ccc(Cl)cc1. The number of likely N-dealkylation sites (N-methyl/N-ethyl adjacent to an activating group) is 1. The molecule has 24 heavy (non-hydrogen) atoms. The van der Waals surface area contributed by atoms with Gasteiger partial charge in [0.2, 0.25) is 5.91 Å². The molecule has 0 saturated carbocycles. The number of amides is 1. The first-order chi connectivity index (χ1) is 11.4. The van der Waals surface area contributed by atoms with Crippen molar-refractivity contribution in [3.8, 4) is 0 Å². The number of hydrogen-bond acceptors (Lipinski definition) is 3. The Balaban J connectivity index is 2.47. The van der Waals surface area contributed by atoms with E-state index in [0.717, 1.165) is 23.7 Å². The number of benzene rings is 1. The summed E-state index contributed by atoms with van der Waals surface area (Å²) >= 11 is 7.63. The molecule has 1 amide bonds. The van der Waals surface area contributed by atoms with Gasteiger partial charge in [-0.2, -0.15) is 0 Å². The zero-order valence-electron chi connectivity index (χ0n) is 14.8. The maximum atomic E-state index is 11.7. The van der Waals surface area contributed by atoms with Crippen LogP contribution in [0.5, 0.6) is 0 Å². The topological polar surface area (TPSA) is 56.7 Å². The molecule has 0 saturated heterocycles. The number of nitrogens with zero attached hydrogens (tertiary/aromatic N) is 2. The van der Waals surface area contributed by atoms with Gasteiger partial charge in [0.15, 0.2) is 5.96 Å². The van der Waals surface area contributed by atoms with Gasteiger partial charge >= 0.3 is 0 Å². The molecule has 0 aliphatic carbocycles. The minimum absolute atomic E-state index is 0.0178. The van der Waals surface area contributed by atoms with Crippen molar-refractivity contribution in [1.82, 2.24) is 15.5 Å². The van der Waals surface area contributed by atoms with Crippen molar-refractivity contribution in [3.63, 3.8) is 0 Å². The summed E-state index contributed by atoms with van der Waals surface area (Å²) in [6.45, 7) is 5.10. The number of halogens is 1. The van der Waals surface area contributed by atoms with Gasteiger partial charge < -0.3 is 15.5 Å². The van der Waals surface area contributed by atoms with Crippen molar-refractivity contribution >= 4 is 35.2 Å². The smallest absolute Gasteiger partial charge is 0.243 e. The minimum atomic E-state index is -0.0178. The van der Waals surface area contributed by atoms with Crippen molar-refractivity contribution in [2.75, 3.05) is 32.9 Å². The maximum absolute atomic E-state index is 11.7. The molecule has 0 radical (unpaired) electrons. The van der Waals surface area contributed by atoms with Crippen LogP contribution in [0.15, 0.2) is 34.2 Å². The highest BCUT2D eigenvalue weighted by Crippen LogP contribution is 2.19. The average Bonchev–Trinajstić information content (AvgIpc) is 2.57. The van der Waals surface area contributed by atoms with Crippen LogP contribution >= 0.6 is 23.4 Å². The lowest BCUT2D eigenvalue weighted by Gasteiger charge is -2.17. The molecular weight excluding hydrogens is 344 g/mol. The zero-order valence-corrected chi connectivity index (χ0v) is 16.4. The quantitative estimate of drug-likeness (QED) is 0.320. The van der Waals surface area contributed by atoms with Crippen LogP contribution in [0, 0.1) is 0 Å². The van der Waals surface area contributed by atoms with Crippen molar-refractivity contribution in [1.29, 1.82) is 0 Å². The van der Waals surface area contributed by atoms with Gasteiger partial charge in [0.1, 0.15) is 6.54 Å². The Morgan fingerprint density at radius 1 is 1.33 bits per heavy atom. The van der Waals surface area contributed by atoms with Gasteiger partial charge in [-0.1, -0.05) is 18.5 Å². The van der Waals surface area contributed by atoms with Crippen LogP contribution in [-0.4, -0.2) is 55.7 Å². The summed E-state index contributed by atoms with van der Waals surface area (Å²) in [5.74, 6) is 1.55. The van der Waals surface area contributed by atoms with Gasteiger partial charge in [0.25, 0.3) is 0 Å². The molecule has 0 bridgehead atoms. The minimum Gasteiger partial charge on any atom is -0.356 e. The highest BCUT2D eigenvalue weighted by molar-refractivity contribution is 7.99. The number of hydrogen-bond donors (Lipinski definition) is 2. The fourth-order valence-corrected chi connectivity index (χ4v) is 2.54. The van der Waals surface area contributed by atoms with Crippen LogP contribution in [0.1, 0.15) is 20.3 Å².